The van der Waals surface area contributed by atoms with Crippen LogP contribution >= 0.6 is 11.8 Å². The maximum atomic E-state index is 3.69. The van der Waals surface area contributed by atoms with Crippen LogP contribution in [0, 0.1) is 13.8 Å². The summed E-state index contributed by atoms with van der Waals surface area (Å²) in [5.74, 6) is 0. The summed E-state index contributed by atoms with van der Waals surface area (Å²) in [7, 11) is 0. The fourth-order valence-corrected chi connectivity index (χ4v) is 2.90. The molecule has 2 rings (SSSR count). The quantitative estimate of drug-likeness (QED) is 0.738. The molecule has 0 bridgehead atoms. The molecule has 0 aliphatic rings. The topological polar surface area (TPSA) is 12.0 Å². The van der Waals surface area contributed by atoms with Crippen molar-refractivity contribution in [2.75, 3.05) is 6.26 Å². The van der Waals surface area contributed by atoms with Crippen LogP contribution in [0.4, 0.5) is 0 Å². The minimum atomic E-state index is 0.345. The molecule has 0 saturated heterocycles. The highest BCUT2D eigenvalue weighted by molar-refractivity contribution is 7.98. The third-order valence-electron chi connectivity index (χ3n) is 4.15. The van der Waals surface area contributed by atoms with Gasteiger partial charge in [0.05, 0.1) is 0 Å². The van der Waals surface area contributed by atoms with Gasteiger partial charge in [0.1, 0.15) is 0 Å². The van der Waals surface area contributed by atoms with Gasteiger partial charge in [-0.1, -0.05) is 30.3 Å². The van der Waals surface area contributed by atoms with Gasteiger partial charge in [0.2, 0.25) is 0 Å². The second-order valence-electron chi connectivity index (χ2n) is 5.73. The number of thioether (sulfide) groups is 1. The van der Waals surface area contributed by atoms with Crippen molar-refractivity contribution in [2.24, 2.45) is 0 Å². The zero-order chi connectivity index (χ0) is 15.4. The van der Waals surface area contributed by atoms with Gasteiger partial charge >= 0.3 is 0 Å². The number of hydrogen-bond acceptors (Lipinski definition) is 2. The van der Waals surface area contributed by atoms with E-state index in [0.717, 1.165) is 0 Å². The van der Waals surface area contributed by atoms with Crippen LogP contribution in [0.5, 0.6) is 0 Å². The van der Waals surface area contributed by atoms with Crippen molar-refractivity contribution in [3.05, 3.63) is 64.7 Å². The first-order valence-electron chi connectivity index (χ1n) is 7.48. The van der Waals surface area contributed by atoms with E-state index in [1.807, 2.05) is 0 Å². The van der Waals surface area contributed by atoms with Gasteiger partial charge in [-0.15, -0.1) is 11.8 Å². The molecule has 2 aromatic carbocycles. The first-order chi connectivity index (χ1) is 10.0. The third kappa shape index (κ3) is 4.12. The van der Waals surface area contributed by atoms with Gasteiger partial charge in [0, 0.05) is 17.0 Å². The Balaban J connectivity index is 2.06. The summed E-state index contributed by atoms with van der Waals surface area (Å²) in [6.45, 7) is 8.80. The molecule has 1 nitrogen and oxygen atoms in total. The van der Waals surface area contributed by atoms with Crippen LogP contribution in [0.15, 0.2) is 47.4 Å². The zero-order valence-corrected chi connectivity index (χ0v) is 14.4. The van der Waals surface area contributed by atoms with Crippen LogP contribution in [0.1, 0.15) is 48.2 Å². The fraction of sp³-hybridized carbons (Fsp3) is 0.368. The van der Waals surface area contributed by atoms with Crippen molar-refractivity contribution in [2.45, 2.75) is 44.7 Å². The van der Waals surface area contributed by atoms with E-state index >= 15 is 0 Å². The highest BCUT2D eigenvalue weighted by Crippen LogP contribution is 2.23. The van der Waals surface area contributed by atoms with Gasteiger partial charge in [-0.3, -0.25) is 0 Å². The van der Waals surface area contributed by atoms with Crippen LogP contribution in [0.25, 0.3) is 0 Å². The van der Waals surface area contributed by atoms with E-state index < -0.39 is 0 Å². The van der Waals surface area contributed by atoms with Crippen LogP contribution in [-0.4, -0.2) is 6.26 Å². The smallest absolute Gasteiger partial charge is 0.0297 e. The van der Waals surface area contributed by atoms with Crippen LogP contribution in [-0.2, 0) is 0 Å². The fourth-order valence-electron chi connectivity index (χ4n) is 2.49. The number of rotatable bonds is 5. The molecule has 0 heterocycles. The minimum absolute atomic E-state index is 0.345. The summed E-state index contributed by atoms with van der Waals surface area (Å²) in [5, 5.41) is 3.69. The standard InChI is InChI=1S/C19H25NS/c1-13-6-7-18(12-14(13)2)16(4)20-15(3)17-8-10-19(21-5)11-9-17/h6-12,15-16,20H,1-5H3. The molecule has 0 aliphatic carbocycles. The summed E-state index contributed by atoms with van der Waals surface area (Å²) >= 11 is 1.78. The Kier molecular flexibility index (Phi) is 5.49. The molecular formula is C19H25NS. The summed E-state index contributed by atoms with van der Waals surface area (Å²) < 4.78 is 0. The SMILES string of the molecule is CSc1ccc(C(C)NC(C)c2ccc(C)c(C)c2)cc1. The predicted octanol–water partition coefficient (Wildman–Crippen LogP) is 5.44. The highest BCUT2D eigenvalue weighted by Gasteiger charge is 2.11. The van der Waals surface area contributed by atoms with Crippen molar-refractivity contribution < 1.29 is 0 Å². The summed E-state index contributed by atoms with van der Waals surface area (Å²) in [5.41, 5.74) is 5.40. The normalized spacial score (nSPS) is 14.0. The number of nitrogens with one attached hydrogen (secondary N) is 1. The molecule has 112 valence electrons. The van der Waals surface area contributed by atoms with E-state index in [1.54, 1.807) is 11.8 Å². The van der Waals surface area contributed by atoms with Gasteiger partial charge in [0.15, 0.2) is 0 Å². The number of benzene rings is 2. The molecule has 1 N–H and O–H groups in total. The average molecular weight is 299 g/mol. The molecule has 21 heavy (non-hydrogen) atoms. The molecular weight excluding hydrogens is 274 g/mol. The van der Waals surface area contributed by atoms with Gasteiger partial charge in [-0.25, -0.2) is 0 Å². The Morgan fingerprint density at radius 2 is 1.38 bits per heavy atom. The third-order valence-corrected chi connectivity index (χ3v) is 4.89. The lowest BCUT2D eigenvalue weighted by Crippen LogP contribution is -2.22. The van der Waals surface area contributed by atoms with Crippen LogP contribution in [0.2, 0.25) is 0 Å². The molecule has 2 aromatic rings. The Labute approximate surface area is 133 Å². The molecule has 0 fully saturated rings. The monoisotopic (exact) mass is 299 g/mol. The molecule has 0 radical (unpaired) electrons. The number of aryl methyl sites for hydroxylation is 2. The van der Waals surface area contributed by atoms with E-state index in [2.05, 4.69) is 81.7 Å². The van der Waals surface area contributed by atoms with E-state index in [9.17, 15) is 0 Å². The van der Waals surface area contributed by atoms with Crippen molar-refractivity contribution in [3.8, 4) is 0 Å². The maximum Gasteiger partial charge on any atom is 0.0297 e. The first-order valence-corrected chi connectivity index (χ1v) is 8.71. The van der Waals surface area contributed by atoms with Crippen LogP contribution in [0.3, 0.4) is 0 Å². The average Bonchev–Trinajstić information content (AvgIpc) is 2.50. The Morgan fingerprint density at radius 1 is 0.810 bits per heavy atom. The maximum absolute atomic E-state index is 3.69. The molecule has 0 saturated carbocycles. The molecule has 0 amide bonds. The minimum Gasteiger partial charge on any atom is -0.304 e. The van der Waals surface area contributed by atoms with Crippen molar-refractivity contribution in [3.63, 3.8) is 0 Å². The second-order valence-corrected chi connectivity index (χ2v) is 6.61. The lowest BCUT2D eigenvalue weighted by Gasteiger charge is -2.21. The Hall–Kier alpha value is -1.25. The summed E-state index contributed by atoms with van der Waals surface area (Å²) in [6, 6.07) is 16.2. The van der Waals surface area contributed by atoms with Gasteiger partial charge in [-0.05, 0) is 68.3 Å². The van der Waals surface area contributed by atoms with Gasteiger partial charge in [-0.2, -0.15) is 0 Å². The molecule has 0 aliphatic heterocycles. The Morgan fingerprint density at radius 3 is 1.95 bits per heavy atom. The largest absolute Gasteiger partial charge is 0.304 e. The molecule has 2 heteroatoms. The van der Waals surface area contributed by atoms with Gasteiger partial charge < -0.3 is 5.32 Å². The van der Waals surface area contributed by atoms with E-state index in [1.165, 1.54) is 27.1 Å². The lowest BCUT2D eigenvalue weighted by atomic mass is 10.0. The molecule has 2 unspecified atom stereocenters. The lowest BCUT2D eigenvalue weighted by molar-refractivity contribution is 0.494. The molecule has 0 spiro atoms. The second kappa shape index (κ2) is 7.15. The molecule has 2 atom stereocenters. The number of hydrogen-bond donors (Lipinski definition) is 1. The highest BCUT2D eigenvalue weighted by atomic mass is 32.2. The summed E-state index contributed by atoms with van der Waals surface area (Å²) in [6.07, 6.45) is 2.11. The van der Waals surface area contributed by atoms with Crippen molar-refractivity contribution >= 4 is 11.8 Å². The van der Waals surface area contributed by atoms with Gasteiger partial charge in [0.25, 0.3) is 0 Å². The first kappa shape index (κ1) is 16.1. The van der Waals surface area contributed by atoms with E-state index in [-0.39, 0.29) is 0 Å². The van der Waals surface area contributed by atoms with E-state index in [4.69, 9.17) is 0 Å². The Bertz CT molecular complexity index is 589. The predicted molar refractivity (Wildman–Crippen MR) is 94.1 cm³/mol. The van der Waals surface area contributed by atoms with Crippen molar-refractivity contribution in [1.29, 1.82) is 0 Å². The van der Waals surface area contributed by atoms with Crippen molar-refractivity contribution in [1.82, 2.24) is 5.32 Å². The molecule has 0 aromatic heterocycles. The zero-order valence-electron chi connectivity index (χ0n) is 13.6. The van der Waals surface area contributed by atoms with E-state index in [0.29, 0.717) is 12.1 Å². The summed E-state index contributed by atoms with van der Waals surface area (Å²) in [4.78, 5) is 1.31. The van der Waals surface area contributed by atoms with Crippen LogP contribution < -0.4 is 5.32 Å².